The SMILES string of the molecule is CN(C)C1(c2cccs2)CCN(C(=O)CC(N)c2ccccc2)CC1. The van der Waals surface area contributed by atoms with Gasteiger partial charge in [-0.2, -0.15) is 0 Å². The van der Waals surface area contributed by atoms with Crippen molar-refractivity contribution in [2.45, 2.75) is 30.8 Å². The summed E-state index contributed by atoms with van der Waals surface area (Å²) >= 11 is 1.81. The van der Waals surface area contributed by atoms with Crippen molar-refractivity contribution in [2.75, 3.05) is 27.2 Å². The molecular weight excluding hydrogens is 330 g/mol. The maximum atomic E-state index is 12.7. The van der Waals surface area contributed by atoms with Crippen molar-refractivity contribution in [1.82, 2.24) is 9.80 Å². The molecule has 25 heavy (non-hydrogen) atoms. The summed E-state index contributed by atoms with van der Waals surface area (Å²) in [5.41, 5.74) is 7.30. The molecule has 1 atom stereocenters. The third kappa shape index (κ3) is 3.78. The summed E-state index contributed by atoms with van der Waals surface area (Å²) in [6.07, 6.45) is 2.30. The summed E-state index contributed by atoms with van der Waals surface area (Å²) in [6, 6.07) is 14.0. The molecule has 2 heterocycles. The minimum atomic E-state index is -0.230. The van der Waals surface area contributed by atoms with Gasteiger partial charge < -0.3 is 10.6 Å². The number of carbonyl (C=O) groups excluding carboxylic acids is 1. The molecule has 2 N–H and O–H groups in total. The van der Waals surface area contributed by atoms with E-state index in [0.717, 1.165) is 31.5 Å². The first kappa shape index (κ1) is 18.1. The van der Waals surface area contributed by atoms with Crippen molar-refractivity contribution in [3.63, 3.8) is 0 Å². The highest BCUT2D eigenvalue weighted by Crippen LogP contribution is 2.39. The molecule has 0 aliphatic carbocycles. The summed E-state index contributed by atoms with van der Waals surface area (Å²) in [6.45, 7) is 1.58. The second kappa shape index (κ2) is 7.68. The monoisotopic (exact) mass is 357 g/mol. The molecule has 1 aliphatic rings. The van der Waals surface area contributed by atoms with Gasteiger partial charge in [0.2, 0.25) is 5.91 Å². The van der Waals surface area contributed by atoms with Crippen LogP contribution in [-0.4, -0.2) is 42.9 Å². The van der Waals surface area contributed by atoms with E-state index in [0.29, 0.717) is 6.42 Å². The van der Waals surface area contributed by atoms with Crippen molar-refractivity contribution >= 4 is 17.2 Å². The Morgan fingerprint density at radius 1 is 1.20 bits per heavy atom. The zero-order valence-corrected chi connectivity index (χ0v) is 15.8. The van der Waals surface area contributed by atoms with Crippen LogP contribution in [0.15, 0.2) is 47.8 Å². The Bertz CT molecular complexity index is 676. The number of hydrogen-bond acceptors (Lipinski definition) is 4. The van der Waals surface area contributed by atoms with Gasteiger partial charge >= 0.3 is 0 Å². The second-order valence-corrected chi connectivity index (χ2v) is 7.95. The highest BCUT2D eigenvalue weighted by Gasteiger charge is 2.40. The molecule has 1 amide bonds. The smallest absolute Gasteiger partial charge is 0.224 e. The van der Waals surface area contributed by atoms with E-state index < -0.39 is 0 Å². The number of likely N-dealkylation sites (tertiary alicyclic amines) is 1. The van der Waals surface area contributed by atoms with Gasteiger partial charge in [0.15, 0.2) is 0 Å². The van der Waals surface area contributed by atoms with Crippen LogP contribution < -0.4 is 5.73 Å². The number of amides is 1. The third-order valence-corrected chi connectivity index (χ3v) is 6.46. The lowest BCUT2D eigenvalue weighted by atomic mass is 9.84. The van der Waals surface area contributed by atoms with E-state index in [-0.39, 0.29) is 17.5 Å². The molecule has 0 spiro atoms. The number of rotatable bonds is 5. The van der Waals surface area contributed by atoms with Gasteiger partial charge in [0.1, 0.15) is 0 Å². The van der Waals surface area contributed by atoms with E-state index in [2.05, 4.69) is 36.5 Å². The number of piperidine rings is 1. The lowest BCUT2D eigenvalue weighted by molar-refractivity contribution is -0.134. The van der Waals surface area contributed by atoms with Gasteiger partial charge in [-0.1, -0.05) is 36.4 Å². The van der Waals surface area contributed by atoms with Crippen molar-refractivity contribution < 1.29 is 4.79 Å². The molecule has 1 saturated heterocycles. The Kier molecular flexibility index (Phi) is 5.57. The van der Waals surface area contributed by atoms with Crippen LogP contribution in [0.5, 0.6) is 0 Å². The Balaban J connectivity index is 1.62. The quantitative estimate of drug-likeness (QED) is 0.894. The predicted molar refractivity (Wildman–Crippen MR) is 103 cm³/mol. The van der Waals surface area contributed by atoms with Crippen molar-refractivity contribution in [3.8, 4) is 0 Å². The van der Waals surface area contributed by atoms with Crippen LogP contribution in [-0.2, 0) is 10.3 Å². The van der Waals surface area contributed by atoms with E-state index >= 15 is 0 Å². The number of carbonyl (C=O) groups is 1. The fourth-order valence-corrected chi connectivity index (χ4v) is 4.79. The second-order valence-electron chi connectivity index (χ2n) is 7.01. The Hall–Kier alpha value is -1.69. The number of thiophene rings is 1. The highest BCUT2D eigenvalue weighted by molar-refractivity contribution is 7.10. The Morgan fingerprint density at radius 2 is 1.88 bits per heavy atom. The third-order valence-electron chi connectivity index (χ3n) is 5.40. The lowest BCUT2D eigenvalue weighted by Gasteiger charge is -2.46. The standard InChI is InChI=1S/C20H27N3OS/c1-22(2)20(18-9-6-14-25-18)10-12-23(13-11-20)19(24)15-17(21)16-7-4-3-5-8-16/h3-9,14,17H,10-13,15,21H2,1-2H3. The molecule has 0 radical (unpaired) electrons. The van der Waals surface area contributed by atoms with Crippen LogP contribution in [0.1, 0.15) is 35.7 Å². The normalized spacial score (nSPS) is 18.3. The summed E-state index contributed by atoms with van der Waals surface area (Å²) in [4.78, 5) is 18.4. The van der Waals surface area contributed by atoms with Gasteiger partial charge in [0.05, 0.1) is 5.54 Å². The molecule has 134 valence electrons. The molecule has 0 saturated carbocycles. The number of nitrogens with two attached hydrogens (primary N) is 1. The Labute approximate surface area is 154 Å². The number of benzene rings is 1. The molecule has 1 aromatic carbocycles. The minimum Gasteiger partial charge on any atom is -0.342 e. The molecule has 1 fully saturated rings. The van der Waals surface area contributed by atoms with Crippen molar-refractivity contribution in [3.05, 3.63) is 58.3 Å². The largest absolute Gasteiger partial charge is 0.342 e. The van der Waals surface area contributed by atoms with Gasteiger partial charge in [-0.15, -0.1) is 11.3 Å². The van der Waals surface area contributed by atoms with E-state index in [9.17, 15) is 4.79 Å². The molecule has 1 unspecified atom stereocenters. The summed E-state index contributed by atoms with van der Waals surface area (Å²) in [7, 11) is 4.28. The first-order valence-corrected chi connectivity index (χ1v) is 9.70. The average Bonchev–Trinajstić information content (AvgIpc) is 3.17. The fraction of sp³-hybridized carbons (Fsp3) is 0.450. The average molecular weight is 358 g/mol. The van der Waals surface area contributed by atoms with Crippen LogP contribution in [0.3, 0.4) is 0 Å². The topological polar surface area (TPSA) is 49.6 Å². The Morgan fingerprint density at radius 3 is 2.44 bits per heavy atom. The van der Waals surface area contributed by atoms with E-state index in [1.54, 1.807) is 0 Å². The van der Waals surface area contributed by atoms with Gasteiger partial charge in [0, 0.05) is 30.4 Å². The van der Waals surface area contributed by atoms with Crippen molar-refractivity contribution in [2.24, 2.45) is 5.73 Å². The van der Waals surface area contributed by atoms with Crippen LogP contribution in [0.4, 0.5) is 0 Å². The van der Waals surface area contributed by atoms with Crippen LogP contribution in [0, 0.1) is 0 Å². The highest BCUT2D eigenvalue weighted by atomic mass is 32.1. The summed E-state index contributed by atoms with van der Waals surface area (Å²) in [5, 5.41) is 2.14. The molecule has 5 heteroatoms. The van der Waals surface area contributed by atoms with E-state index in [4.69, 9.17) is 5.73 Å². The van der Waals surface area contributed by atoms with Crippen LogP contribution >= 0.6 is 11.3 Å². The number of hydrogen-bond donors (Lipinski definition) is 1. The minimum absolute atomic E-state index is 0.0481. The zero-order valence-electron chi connectivity index (χ0n) is 15.0. The van der Waals surface area contributed by atoms with E-state index in [1.165, 1.54) is 4.88 Å². The van der Waals surface area contributed by atoms with Crippen LogP contribution in [0.2, 0.25) is 0 Å². The predicted octanol–water partition coefficient (Wildman–Crippen LogP) is 3.22. The molecular formula is C20H27N3OS. The number of nitrogens with zero attached hydrogens (tertiary/aromatic N) is 2. The lowest BCUT2D eigenvalue weighted by Crippen LogP contribution is -2.51. The molecule has 0 bridgehead atoms. The van der Waals surface area contributed by atoms with Crippen molar-refractivity contribution in [1.29, 1.82) is 0 Å². The molecule has 2 aromatic rings. The van der Waals surface area contributed by atoms with Gasteiger partial charge in [-0.05, 0) is 43.9 Å². The molecule has 1 aliphatic heterocycles. The van der Waals surface area contributed by atoms with Gasteiger partial charge in [0.25, 0.3) is 0 Å². The van der Waals surface area contributed by atoms with Gasteiger partial charge in [-0.25, -0.2) is 0 Å². The first-order chi connectivity index (χ1) is 12.0. The molecule has 3 rings (SSSR count). The molecule has 4 nitrogen and oxygen atoms in total. The maximum Gasteiger partial charge on any atom is 0.224 e. The zero-order chi connectivity index (χ0) is 17.9. The molecule has 1 aromatic heterocycles. The summed E-state index contributed by atoms with van der Waals surface area (Å²) < 4.78 is 0. The van der Waals surface area contributed by atoms with Gasteiger partial charge in [-0.3, -0.25) is 9.69 Å². The maximum absolute atomic E-state index is 12.7. The van der Waals surface area contributed by atoms with E-state index in [1.807, 2.05) is 46.6 Å². The first-order valence-electron chi connectivity index (χ1n) is 8.82. The van der Waals surface area contributed by atoms with Crippen LogP contribution in [0.25, 0.3) is 0 Å². The fourth-order valence-electron chi connectivity index (χ4n) is 3.72. The summed E-state index contributed by atoms with van der Waals surface area (Å²) in [5.74, 6) is 0.162.